The highest BCUT2D eigenvalue weighted by atomic mass is 32.2. The maximum absolute atomic E-state index is 13.9. The van der Waals surface area contributed by atoms with Gasteiger partial charge in [0.2, 0.25) is 5.78 Å². The molecule has 1 N–H and O–H groups in total. The molecule has 0 atom stereocenters. The molecule has 2 aliphatic heterocycles. The third-order valence-corrected chi connectivity index (χ3v) is 7.70. The fourth-order valence-electron chi connectivity index (χ4n) is 4.91. The maximum Gasteiger partial charge on any atom is 0.269 e. The second kappa shape index (κ2) is 8.52. The summed E-state index contributed by atoms with van der Waals surface area (Å²) < 4.78 is 6.91. The summed E-state index contributed by atoms with van der Waals surface area (Å²) in [6, 6.07) is 16.0. The van der Waals surface area contributed by atoms with E-state index in [4.69, 9.17) is 4.42 Å². The van der Waals surface area contributed by atoms with Crippen molar-refractivity contribution in [1.82, 2.24) is 4.57 Å². The first kappa shape index (κ1) is 22.9. The van der Waals surface area contributed by atoms with Crippen molar-refractivity contribution in [2.75, 3.05) is 17.2 Å². The minimum Gasteiger partial charge on any atom is -0.507 e. The molecule has 0 amide bonds. The van der Waals surface area contributed by atoms with Crippen LogP contribution in [0.25, 0.3) is 22.2 Å². The number of aryl methyl sites for hydroxylation is 1. The average Bonchev–Trinajstić information content (AvgIpc) is 3.62. The summed E-state index contributed by atoms with van der Waals surface area (Å²) in [5, 5.41) is 24.3. The van der Waals surface area contributed by atoms with Gasteiger partial charge in [-0.05, 0) is 30.3 Å². The summed E-state index contributed by atoms with van der Waals surface area (Å²) in [7, 11) is 1.65. The quantitative estimate of drug-likeness (QED) is 0.173. The van der Waals surface area contributed by atoms with Crippen LogP contribution in [0.3, 0.4) is 0 Å². The number of hydrogen-bond donors (Lipinski definition) is 1. The van der Waals surface area contributed by atoms with Gasteiger partial charge in [-0.2, -0.15) is 0 Å². The van der Waals surface area contributed by atoms with Gasteiger partial charge < -0.3 is 19.0 Å². The monoisotopic (exact) mass is 513 g/mol. The smallest absolute Gasteiger partial charge is 0.269 e. The Labute approximate surface area is 214 Å². The summed E-state index contributed by atoms with van der Waals surface area (Å²) in [6.45, 7) is 0.574. The van der Waals surface area contributed by atoms with E-state index in [1.165, 1.54) is 52.9 Å². The van der Waals surface area contributed by atoms with E-state index in [0.29, 0.717) is 23.0 Å². The Kier molecular flexibility index (Phi) is 5.27. The van der Waals surface area contributed by atoms with Crippen LogP contribution in [0.2, 0.25) is 0 Å². The van der Waals surface area contributed by atoms with Crippen molar-refractivity contribution in [3.05, 3.63) is 115 Å². The molecule has 0 saturated carbocycles. The van der Waals surface area contributed by atoms with Crippen LogP contribution in [-0.2, 0) is 7.05 Å². The molecule has 0 spiro atoms. The average molecular weight is 514 g/mol. The molecule has 2 aromatic carbocycles. The fraction of sp³-hybridized carbons (Fsp3) is 0.111. The second-order valence-electron chi connectivity index (χ2n) is 8.62. The Bertz CT molecular complexity index is 1730. The number of rotatable bonds is 4. The number of carbonyl (C=O) groups excluding carboxylic acids is 1. The highest BCUT2D eigenvalue weighted by Gasteiger charge is 2.41. The predicted octanol–water partition coefficient (Wildman–Crippen LogP) is 5.13. The van der Waals surface area contributed by atoms with Gasteiger partial charge in [-0.3, -0.25) is 19.7 Å². The van der Waals surface area contributed by atoms with E-state index in [1.807, 2.05) is 29.2 Å². The fourth-order valence-corrected chi connectivity index (χ4v) is 6.06. The van der Waals surface area contributed by atoms with Gasteiger partial charge in [0.25, 0.3) is 11.2 Å². The third kappa shape index (κ3) is 3.40. The molecule has 2 aromatic heterocycles. The summed E-state index contributed by atoms with van der Waals surface area (Å²) in [5.74, 6) is -0.0365. The Balaban J connectivity index is 1.74. The SMILES string of the molecule is Cn1c(=O)c2c(c3ccccc31)N1CCSC1=C(C(=O)c1ccco1)C2=C(O)c1ccc([N+](=O)[O-])cc1. The number of nitro benzene ring substituents is 1. The number of anilines is 1. The molecule has 6 rings (SSSR count). The van der Waals surface area contributed by atoms with Crippen molar-refractivity contribution < 1.29 is 19.2 Å². The zero-order chi connectivity index (χ0) is 25.8. The zero-order valence-corrected chi connectivity index (χ0v) is 20.3. The number of para-hydroxylation sites is 1. The van der Waals surface area contributed by atoms with Crippen LogP contribution in [0.5, 0.6) is 0 Å². The number of nitro groups is 1. The normalized spacial score (nSPS) is 16.1. The lowest BCUT2D eigenvalue weighted by Gasteiger charge is -2.32. The molecule has 1 saturated heterocycles. The number of ketones is 1. The molecule has 184 valence electrons. The molecule has 0 aliphatic carbocycles. The topological polar surface area (TPSA) is 119 Å². The summed E-state index contributed by atoms with van der Waals surface area (Å²) in [5.41, 5.74) is 1.50. The lowest BCUT2D eigenvalue weighted by atomic mass is 9.87. The Hall–Kier alpha value is -4.57. The van der Waals surface area contributed by atoms with Crippen LogP contribution >= 0.6 is 11.8 Å². The number of fused-ring (bicyclic) bond motifs is 5. The Morgan fingerprint density at radius 1 is 1.11 bits per heavy atom. The minimum absolute atomic E-state index is 0.0741. The first-order valence-corrected chi connectivity index (χ1v) is 12.4. The molecule has 2 aliphatic rings. The molecule has 0 bridgehead atoms. The summed E-state index contributed by atoms with van der Waals surface area (Å²) >= 11 is 1.46. The van der Waals surface area contributed by atoms with Crippen LogP contribution in [0.15, 0.2) is 86.7 Å². The van der Waals surface area contributed by atoms with Gasteiger partial charge in [0.05, 0.1) is 38.6 Å². The van der Waals surface area contributed by atoms with Crippen molar-refractivity contribution >= 4 is 51.2 Å². The molecule has 4 aromatic rings. The molecule has 9 nitrogen and oxygen atoms in total. The number of benzene rings is 2. The van der Waals surface area contributed by atoms with Crippen molar-refractivity contribution in [2.45, 2.75) is 0 Å². The number of aliphatic hydroxyl groups excluding tert-OH is 1. The first-order chi connectivity index (χ1) is 17.9. The van der Waals surface area contributed by atoms with Crippen molar-refractivity contribution in [3.63, 3.8) is 0 Å². The van der Waals surface area contributed by atoms with Gasteiger partial charge in [0, 0.05) is 48.0 Å². The molecule has 4 heterocycles. The number of furan rings is 1. The van der Waals surface area contributed by atoms with Crippen LogP contribution < -0.4 is 10.5 Å². The number of pyridine rings is 1. The minimum atomic E-state index is -0.535. The highest BCUT2D eigenvalue weighted by molar-refractivity contribution is 8.03. The first-order valence-electron chi connectivity index (χ1n) is 11.4. The Morgan fingerprint density at radius 2 is 1.86 bits per heavy atom. The van der Waals surface area contributed by atoms with Gasteiger partial charge in [-0.25, -0.2) is 0 Å². The number of thioether (sulfide) groups is 1. The van der Waals surface area contributed by atoms with E-state index in [1.54, 1.807) is 13.1 Å². The standard InChI is InChI=1S/C27H19N3O6S/c1-28-18-6-3-2-5-17(18)23-21(26(28)33)20(24(31)15-8-10-16(11-9-15)30(34)35)22(27-29(23)12-14-37-27)25(32)19-7-4-13-36-19/h2-11,13,31H,12,14H2,1H3. The van der Waals surface area contributed by atoms with E-state index >= 15 is 0 Å². The van der Waals surface area contributed by atoms with Gasteiger partial charge in [-0.15, -0.1) is 11.8 Å². The molecule has 1 fully saturated rings. The van der Waals surface area contributed by atoms with Crippen LogP contribution in [0.1, 0.15) is 21.7 Å². The summed E-state index contributed by atoms with van der Waals surface area (Å²) in [4.78, 5) is 40.3. The van der Waals surface area contributed by atoms with E-state index in [0.717, 1.165) is 10.9 Å². The van der Waals surface area contributed by atoms with Crippen molar-refractivity contribution in [3.8, 4) is 0 Å². The largest absolute Gasteiger partial charge is 0.507 e. The van der Waals surface area contributed by atoms with Crippen LogP contribution in [-0.4, -0.2) is 32.7 Å². The molecular weight excluding hydrogens is 494 g/mol. The second-order valence-corrected chi connectivity index (χ2v) is 9.70. The number of non-ortho nitro benzene ring substituents is 1. The van der Waals surface area contributed by atoms with Crippen LogP contribution in [0.4, 0.5) is 11.4 Å². The highest BCUT2D eigenvalue weighted by Crippen LogP contribution is 2.51. The molecular formula is C27H19N3O6S. The summed E-state index contributed by atoms with van der Waals surface area (Å²) in [6.07, 6.45) is 1.39. The van der Waals surface area contributed by atoms with Crippen molar-refractivity contribution in [2.24, 2.45) is 7.05 Å². The number of nitrogens with zero attached hydrogens (tertiary/aromatic N) is 3. The lowest BCUT2D eigenvalue weighted by Crippen LogP contribution is -2.33. The molecule has 0 radical (unpaired) electrons. The number of aliphatic hydroxyl groups is 1. The number of carbonyl (C=O) groups is 1. The molecule has 10 heteroatoms. The number of hydrogen-bond acceptors (Lipinski definition) is 8. The number of allylic oxidation sites excluding steroid dienone is 2. The van der Waals surface area contributed by atoms with Crippen molar-refractivity contribution in [1.29, 1.82) is 0 Å². The van der Waals surface area contributed by atoms with Gasteiger partial charge in [0.1, 0.15) is 5.76 Å². The van der Waals surface area contributed by atoms with Crippen LogP contribution in [0, 0.1) is 10.1 Å². The van der Waals surface area contributed by atoms with E-state index in [2.05, 4.69) is 0 Å². The molecule has 0 unspecified atom stereocenters. The van der Waals surface area contributed by atoms with Gasteiger partial charge in [-0.1, -0.05) is 18.2 Å². The van der Waals surface area contributed by atoms with Gasteiger partial charge >= 0.3 is 0 Å². The predicted molar refractivity (Wildman–Crippen MR) is 142 cm³/mol. The van der Waals surface area contributed by atoms with E-state index in [-0.39, 0.29) is 45.0 Å². The Morgan fingerprint density at radius 3 is 2.57 bits per heavy atom. The van der Waals surface area contributed by atoms with Gasteiger partial charge in [0.15, 0.2) is 5.76 Å². The third-order valence-electron chi connectivity index (χ3n) is 6.62. The lowest BCUT2D eigenvalue weighted by molar-refractivity contribution is -0.384. The van der Waals surface area contributed by atoms with E-state index in [9.17, 15) is 24.8 Å². The number of Topliss-reactive ketones (excluding diaryl/α,β-unsaturated/α-hetero) is 1. The zero-order valence-electron chi connectivity index (χ0n) is 19.5. The molecule has 37 heavy (non-hydrogen) atoms. The maximum atomic E-state index is 13.9. The number of aromatic nitrogens is 1. The van der Waals surface area contributed by atoms with E-state index < -0.39 is 10.7 Å².